The number of aromatic hydroxyl groups is 1. The summed E-state index contributed by atoms with van der Waals surface area (Å²) in [6.07, 6.45) is 0.294. The van der Waals surface area contributed by atoms with Gasteiger partial charge in [-0.15, -0.1) is 0 Å². The van der Waals surface area contributed by atoms with Crippen molar-refractivity contribution in [1.82, 2.24) is 10.2 Å². The smallest absolute Gasteiger partial charge is 0.223 e. The Balaban J connectivity index is 1.79. The molecule has 2 aliphatic rings. The Morgan fingerprint density at radius 1 is 1.36 bits per heavy atom. The van der Waals surface area contributed by atoms with Gasteiger partial charge in [-0.1, -0.05) is 23.2 Å². The Morgan fingerprint density at radius 3 is 2.68 bits per heavy atom. The van der Waals surface area contributed by atoms with E-state index in [1.54, 1.807) is 4.90 Å². The number of nitrogens with one attached hydrogen (secondary N) is 1. The van der Waals surface area contributed by atoms with Gasteiger partial charge >= 0.3 is 0 Å². The van der Waals surface area contributed by atoms with Gasteiger partial charge in [0.15, 0.2) is 0 Å². The van der Waals surface area contributed by atoms with E-state index in [0.717, 1.165) is 0 Å². The molecule has 0 aromatic heterocycles. The van der Waals surface area contributed by atoms with Crippen LogP contribution in [0.3, 0.4) is 0 Å². The Kier molecular flexibility index (Phi) is 4.25. The quantitative estimate of drug-likeness (QED) is 0.775. The molecule has 0 unspecified atom stereocenters. The zero-order chi connectivity index (χ0) is 15.9. The van der Waals surface area contributed by atoms with Crippen LogP contribution in [0.5, 0.6) is 5.75 Å². The molecule has 7 heteroatoms. The maximum atomic E-state index is 12.3. The molecule has 0 radical (unpaired) electrons. The van der Waals surface area contributed by atoms with Gasteiger partial charge in [-0.25, -0.2) is 0 Å². The molecule has 22 heavy (non-hydrogen) atoms. The highest BCUT2D eigenvalue weighted by molar-refractivity contribution is 6.42. The number of amides is 1. The first-order valence-electron chi connectivity index (χ1n) is 7.22. The summed E-state index contributed by atoms with van der Waals surface area (Å²) in [7, 11) is 0. The molecule has 2 fully saturated rings. The second kappa shape index (κ2) is 5.89. The summed E-state index contributed by atoms with van der Waals surface area (Å²) in [6, 6.07) is 3.04. The van der Waals surface area contributed by atoms with Gasteiger partial charge in [-0.05, 0) is 12.1 Å². The zero-order valence-electron chi connectivity index (χ0n) is 12.0. The van der Waals surface area contributed by atoms with Gasteiger partial charge in [-0.3, -0.25) is 4.79 Å². The second-order valence-electron chi connectivity index (χ2n) is 6.23. The Labute approximate surface area is 138 Å². The Hall–Kier alpha value is -1.01. The molecule has 2 aliphatic heterocycles. The standard InChI is InChI=1S/C15H18Cl2N2O3/c16-10-1-2-11(21)13(14(10)17)9-3-12(22)19(4-9)7-15(8-20)5-18-6-15/h1-2,9,18,20-21H,3-8H2/t9-/m1/s1. The number of aliphatic hydroxyl groups is 1. The van der Waals surface area contributed by atoms with Gasteiger partial charge < -0.3 is 20.4 Å². The van der Waals surface area contributed by atoms with Crippen LogP contribution < -0.4 is 5.32 Å². The van der Waals surface area contributed by atoms with E-state index in [2.05, 4.69) is 5.32 Å². The summed E-state index contributed by atoms with van der Waals surface area (Å²) in [4.78, 5) is 14.0. The highest BCUT2D eigenvalue weighted by Gasteiger charge is 2.42. The molecule has 0 spiro atoms. The monoisotopic (exact) mass is 344 g/mol. The number of phenolic OH excluding ortho intramolecular Hbond substituents is 1. The normalized spacial score (nSPS) is 23.7. The second-order valence-corrected chi connectivity index (χ2v) is 7.02. The van der Waals surface area contributed by atoms with E-state index in [9.17, 15) is 15.0 Å². The largest absolute Gasteiger partial charge is 0.508 e. The van der Waals surface area contributed by atoms with Gasteiger partial charge in [0.25, 0.3) is 0 Å². The van der Waals surface area contributed by atoms with Gasteiger partial charge in [0.2, 0.25) is 5.91 Å². The molecule has 1 amide bonds. The third kappa shape index (κ3) is 2.67. The van der Waals surface area contributed by atoms with Crippen LogP contribution in [-0.2, 0) is 4.79 Å². The number of carbonyl (C=O) groups excluding carboxylic acids is 1. The maximum Gasteiger partial charge on any atom is 0.223 e. The van der Waals surface area contributed by atoms with Crippen molar-refractivity contribution in [1.29, 1.82) is 0 Å². The minimum Gasteiger partial charge on any atom is -0.508 e. The molecular formula is C15H18Cl2N2O3. The van der Waals surface area contributed by atoms with E-state index in [-0.39, 0.29) is 29.6 Å². The number of carbonyl (C=O) groups is 1. The minimum absolute atomic E-state index is 0.0140. The van der Waals surface area contributed by atoms with Crippen LogP contribution in [0.4, 0.5) is 0 Å². The van der Waals surface area contributed by atoms with Gasteiger partial charge in [0.1, 0.15) is 5.75 Å². The highest BCUT2D eigenvalue weighted by atomic mass is 35.5. The minimum atomic E-state index is -0.245. The summed E-state index contributed by atoms with van der Waals surface area (Å²) in [5.74, 6) is -0.0983. The van der Waals surface area contributed by atoms with Crippen LogP contribution in [0.15, 0.2) is 12.1 Å². The van der Waals surface area contributed by atoms with Crippen molar-refractivity contribution in [3.8, 4) is 5.75 Å². The lowest BCUT2D eigenvalue weighted by atomic mass is 9.82. The highest BCUT2D eigenvalue weighted by Crippen LogP contribution is 2.42. The van der Waals surface area contributed by atoms with E-state index in [1.165, 1.54) is 12.1 Å². The molecule has 2 heterocycles. The van der Waals surface area contributed by atoms with Gasteiger partial charge in [-0.2, -0.15) is 0 Å². The molecule has 2 saturated heterocycles. The molecule has 0 bridgehead atoms. The van der Waals surface area contributed by atoms with Crippen LogP contribution in [-0.4, -0.2) is 53.8 Å². The topological polar surface area (TPSA) is 72.8 Å². The lowest BCUT2D eigenvalue weighted by Gasteiger charge is -2.43. The van der Waals surface area contributed by atoms with Crippen LogP contribution in [0.25, 0.3) is 0 Å². The molecule has 120 valence electrons. The number of rotatable bonds is 4. The van der Waals surface area contributed by atoms with Crippen molar-refractivity contribution >= 4 is 29.1 Å². The van der Waals surface area contributed by atoms with Crippen LogP contribution in [0, 0.1) is 5.41 Å². The number of likely N-dealkylation sites (tertiary alicyclic amines) is 1. The summed E-state index contributed by atoms with van der Waals surface area (Å²) in [5.41, 5.74) is 0.292. The molecule has 1 atom stereocenters. The van der Waals surface area contributed by atoms with E-state index >= 15 is 0 Å². The fourth-order valence-electron chi connectivity index (χ4n) is 3.22. The van der Waals surface area contributed by atoms with Crippen molar-refractivity contribution < 1.29 is 15.0 Å². The van der Waals surface area contributed by atoms with Crippen molar-refractivity contribution in [3.63, 3.8) is 0 Å². The van der Waals surface area contributed by atoms with Crippen LogP contribution in [0.2, 0.25) is 10.0 Å². The van der Waals surface area contributed by atoms with Gasteiger partial charge in [0.05, 0.1) is 16.7 Å². The first-order chi connectivity index (χ1) is 10.5. The van der Waals surface area contributed by atoms with Gasteiger partial charge in [0, 0.05) is 49.5 Å². The van der Waals surface area contributed by atoms with Crippen molar-refractivity contribution in [2.45, 2.75) is 12.3 Å². The average molecular weight is 345 g/mol. The summed E-state index contributed by atoms with van der Waals surface area (Å²) in [6.45, 7) is 2.47. The van der Waals surface area contributed by atoms with Crippen LogP contribution in [0.1, 0.15) is 17.9 Å². The third-order valence-electron chi connectivity index (χ3n) is 4.59. The molecule has 1 aromatic carbocycles. The number of phenols is 1. The molecule has 3 N–H and O–H groups in total. The van der Waals surface area contributed by atoms with E-state index in [4.69, 9.17) is 23.2 Å². The number of hydrogen-bond acceptors (Lipinski definition) is 4. The predicted octanol–water partition coefficient (Wildman–Crippen LogP) is 1.60. The van der Waals surface area contributed by atoms with Crippen LogP contribution >= 0.6 is 23.2 Å². The Morgan fingerprint density at radius 2 is 2.09 bits per heavy atom. The number of nitrogens with zero attached hydrogens (tertiary/aromatic N) is 1. The maximum absolute atomic E-state index is 12.3. The molecule has 5 nitrogen and oxygen atoms in total. The summed E-state index contributed by atoms with van der Waals surface area (Å²) in [5, 5.41) is 23.4. The number of hydrogen-bond donors (Lipinski definition) is 3. The fourth-order valence-corrected chi connectivity index (χ4v) is 3.70. The number of aliphatic hydroxyl groups excluding tert-OH is 1. The first kappa shape index (κ1) is 15.9. The first-order valence-corrected chi connectivity index (χ1v) is 7.97. The molecule has 0 saturated carbocycles. The summed E-state index contributed by atoms with van der Waals surface area (Å²) < 4.78 is 0. The van der Waals surface area contributed by atoms with E-state index < -0.39 is 0 Å². The Bertz CT molecular complexity index is 599. The number of benzene rings is 1. The lowest BCUT2D eigenvalue weighted by Crippen LogP contribution is -2.61. The molecular weight excluding hydrogens is 327 g/mol. The summed E-state index contributed by atoms with van der Waals surface area (Å²) >= 11 is 12.2. The molecule has 3 rings (SSSR count). The lowest BCUT2D eigenvalue weighted by molar-refractivity contribution is -0.130. The predicted molar refractivity (Wildman–Crippen MR) is 84.5 cm³/mol. The average Bonchev–Trinajstić information content (AvgIpc) is 2.79. The van der Waals surface area contributed by atoms with Crippen molar-refractivity contribution in [2.75, 3.05) is 32.8 Å². The number of halogens is 2. The van der Waals surface area contributed by atoms with E-state index in [1.807, 2.05) is 0 Å². The SMILES string of the molecule is O=C1C[C@@H](c2c(O)ccc(Cl)c2Cl)CN1CC1(CO)CNC1. The van der Waals surface area contributed by atoms with E-state index in [0.29, 0.717) is 48.2 Å². The molecule has 1 aromatic rings. The zero-order valence-corrected chi connectivity index (χ0v) is 13.5. The fraction of sp³-hybridized carbons (Fsp3) is 0.533. The third-order valence-corrected chi connectivity index (χ3v) is 5.41. The molecule has 0 aliphatic carbocycles. The van der Waals surface area contributed by atoms with Crippen molar-refractivity contribution in [2.24, 2.45) is 5.41 Å². The van der Waals surface area contributed by atoms with Crippen molar-refractivity contribution in [3.05, 3.63) is 27.7 Å².